The van der Waals surface area contributed by atoms with E-state index in [1.54, 1.807) is 6.07 Å². The fraction of sp³-hybridized carbons (Fsp3) is 0.348. The van der Waals surface area contributed by atoms with Crippen LogP contribution < -0.4 is 15.0 Å². The largest absolute Gasteiger partial charge is 0.453 e. The zero-order valence-electron chi connectivity index (χ0n) is 19.0. The molecule has 1 saturated heterocycles. The molecule has 0 unspecified atom stereocenters. The van der Waals surface area contributed by atoms with E-state index in [1.807, 2.05) is 0 Å². The van der Waals surface area contributed by atoms with Gasteiger partial charge in [-0.1, -0.05) is 0 Å². The molecular formula is C23H19F4N5O4S. The first kappa shape index (κ1) is 25.0. The first-order valence-electron chi connectivity index (χ1n) is 11.2. The van der Waals surface area contributed by atoms with Gasteiger partial charge in [0.2, 0.25) is 5.82 Å². The molecule has 1 saturated carbocycles. The molecule has 1 aliphatic carbocycles. The summed E-state index contributed by atoms with van der Waals surface area (Å²) in [6, 6.07) is 5.93. The van der Waals surface area contributed by atoms with E-state index >= 15 is 0 Å². The summed E-state index contributed by atoms with van der Waals surface area (Å²) in [5.41, 5.74) is -2.31. The number of nitriles is 1. The van der Waals surface area contributed by atoms with Crippen molar-refractivity contribution in [1.29, 1.82) is 5.26 Å². The molecule has 1 N–H and O–H groups in total. The molecule has 14 heteroatoms. The molecule has 1 atom stereocenters. The van der Waals surface area contributed by atoms with Gasteiger partial charge in [0.15, 0.2) is 11.6 Å². The van der Waals surface area contributed by atoms with Crippen molar-refractivity contribution in [3.8, 4) is 17.6 Å². The minimum atomic E-state index is -4.31. The Hall–Kier alpha value is -3.70. The van der Waals surface area contributed by atoms with Crippen molar-refractivity contribution in [3.05, 3.63) is 58.1 Å². The third kappa shape index (κ3) is 4.17. The second kappa shape index (κ2) is 9.00. The number of benzene rings is 2. The van der Waals surface area contributed by atoms with Crippen LogP contribution in [-0.2, 0) is 16.8 Å². The van der Waals surface area contributed by atoms with E-state index in [4.69, 9.17) is 4.74 Å². The van der Waals surface area contributed by atoms with Gasteiger partial charge in [0, 0.05) is 24.6 Å². The van der Waals surface area contributed by atoms with Crippen molar-refractivity contribution in [2.75, 3.05) is 24.5 Å². The molecule has 3 aromatic rings. The first-order chi connectivity index (χ1) is 17.6. The average Bonchev–Trinajstić information content (AvgIpc) is 2.82. The van der Waals surface area contributed by atoms with Crippen LogP contribution in [0.1, 0.15) is 18.4 Å². The molecule has 1 spiro atoms. The van der Waals surface area contributed by atoms with Gasteiger partial charge in [-0.3, -0.25) is 14.1 Å². The van der Waals surface area contributed by atoms with Gasteiger partial charge in [-0.25, -0.2) is 18.2 Å². The van der Waals surface area contributed by atoms with Crippen LogP contribution in [0.5, 0.6) is 11.5 Å². The highest BCUT2D eigenvalue weighted by atomic mass is 32.2. The molecular weight excluding hydrogens is 518 g/mol. The normalized spacial score (nSPS) is 18.7. The molecule has 0 bridgehead atoms. The summed E-state index contributed by atoms with van der Waals surface area (Å²) >= 11 is 0. The quantitative estimate of drug-likeness (QED) is 0.462. The van der Waals surface area contributed by atoms with Gasteiger partial charge in [0.05, 0.1) is 29.5 Å². The molecule has 37 heavy (non-hydrogen) atoms. The second-order valence-electron chi connectivity index (χ2n) is 8.99. The molecule has 9 nitrogen and oxygen atoms in total. The van der Waals surface area contributed by atoms with Crippen molar-refractivity contribution >= 4 is 26.8 Å². The predicted molar refractivity (Wildman–Crippen MR) is 124 cm³/mol. The van der Waals surface area contributed by atoms with Gasteiger partial charge >= 0.3 is 10.2 Å². The fourth-order valence-electron chi connectivity index (χ4n) is 4.51. The van der Waals surface area contributed by atoms with E-state index in [0.717, 1.165) is 8.87 Å². The zero-order chi connectivity index (χ0) is 26.5. The van der Waals surface area contributed by atoms with Crippen LogP contribution in [0, 0.1) is 28.4 Å². The Labute approximate surface area is 208 Å². The van der Waals surface area contributed by atoms with Gasteiger partial charge in [0.1, 0.15) is 30.2 Å². The Morgan fingerprint density at radius 1 is 1.27 bits per heavy atom. The molecule has 0 amide bonds. The highest BCUT2D eigenvalue weighted by molar-refractivity contribution is 7.90. The first-order valence-corrected chi connectivity index (χ1v) is 12.6. The summed E-state index contributed by atoms with van der Waals surface area (Å²) in [6.45, 7) is -1.18. The fourth-order valence-corrected chi connectivity index (χ4v) is 5.93. The third-order valence-electron chi connectivity index (χ3n) is 6.75. The minimum absolute atomic E-state index is 0.00132. The molecule has 2 heterocycles. The summed E-state index contributed by atoms with van der Waals surface area (Å²) in [5, 5.41) is 9.66. The second-order valence-corrected chi connectivity index (χ2v) is 10.7. The van der Waals surface area contributed by atoms with E-state index in [9.17, 15) is 36.0 Å². The maximum Gasteiger partial charge on any atom is 0.301 e. The van der Waals surface area contributed by atoms with Crippen LogP contribution in [0.3, 0.4) is 0 Å². The summed E-state index contributed by atoms with van der Waals surface area (Å²) in [7, 11) is -4.31. The zero-order valence-corrected chi connectivity index (χ0v) is 19.9. The van der Waals surface area contributed by atoms with Crippen molar-refractivity contribution in [2.45, 2.75) is 25.6 Å². The molecule has 1 aliphatic heterocycles. The average molecular weight is 537 g/mol. The molecule has 5 rings (SSSR count). The van der Waals surface area contributed by atoms with Crippen molar-refractivity contribution in [3.63, 3.8) is 0 Å². The van der Waals surface area contributed by atoms with Gasteiger partial charge in [0.25, 0.3) is 5.56 Å². The molecule has 2 aliphatic rings. The lowest BCUT2D eigenvalue weighted by Crippen LogP contribution is -2.67. The summed E-state index contributed by atoms with van der Waals surface area (Å²) < 4.78 is 90.8. The maximum atomic E-state index is 14.7. The number of hydrogen-bond donors (Lipinski definition) is 1. The Kier molecular flexibility index (Phi) is 6.07. The summed E-state index contributed by atoms with van der Waals surface area (Å²) in [4.78, 5) is 16.6. The highest BCUT2D eigenvalue weighted by Gasteiger charge is 2.58. The SMILES string of the molecule is N#Cc1c(NS(=O)(=O)N2CC3(CC[C@@H]3F)C2)cc(F)c(F)c1Oc1ccc2ncn(CCF)c(=O)c2c1. The molecule has 194 valence electrons. The topological polar surface area (TPSA) is 117 Å². The molecule has 0 radical (unpaired) electrons. The van der Waals surface area contributed by atoms with E-state index in [0.29, 0.717) is 18.9 Å². The Balaban J connectivity index is 1.47. The standard InChI is InChI=1S/C23H19F4N5O4S/c24-5-6-31-12-29-17-2-1-13(7-14(17)22(31)33)36-21-15(9-28)18(8-16(25)20(21)27)30-37(34,35)32-10-23(11-32)4-3-19(23)26/h1-2,7-8,12,19,30H,3-6,10-11H2/t19-/m0/s1. The number of hydrogen-bond acceptors (Lipinski definition) is 6. The number of halogens is 4. The number of aryl methyl sites for hydroxylation is 1. The van der Waals surface area contributed by atoms with E-state index in [1.165, 1.54) is 24.5 Å². The Bertz CT molecular complexity index is 1620. The van der Waals surface area contributed by atoms with Crippen LogP contribution in [0.15, 0.2) is 35.4 Å². The molecule has 2 fully saturated rings. The van der Waals surface area contributed by atoms with Crippen LogP contribution in [0.25, 0.3) is 10.9 Å². The van der Waals surface area contributed by atoms with Crippen molar-refractivity contribution in [2.24, 2.45) is 5.41 Å². The van der Waals surface area contributed by atoms with Gasteiger partial charge in [-0.15, -0.1) is 0 Å². The number of ether oxygens (including phenoxy) is 1. The van der Waals surface area contributed by atoms with Gasteiger partial charge in [-0.2, -0.15) is 22.4 Å². The lowest BCUT2D eigenvalue weighted by atomic mass is 9.63. The van der Waals surface area contributed by atoms with Gasteiger partial charge < -0.3 is 4.74 Å². The molecule has 2 aromatic carbocycles. The predicted octanol–water partition coefficient (Wildman–Crippen LogP) is 3.40. The van der Waals surface area contributed by atoms with Crippen molar-refractivity contribution in [1.82, 2.24) is 13.9 Å². The number of rotatable bonds is 7. The number of nitrogens with zero attached hydrogens (tertiary/aromatic N) is 4. The monoisotopic (exact) mass is 537 g/mol. The van der Waals surface area contributed by atoms with E-state index in [-0.39, 0.29) is 36.3 Å². The van der Waals surface area contributed by atoms with E-state index < -0.39 is 62.7 Å². The lowest BCUT2D eigenvalue weighted by molar-refractivity contribution is -0.0889. The van der Waals surface area contributed by atoms with Crippen LogP contribution >= 0.6 is 0 Å². The van der Waals surface area contributed by atoms with Gasteiger partial charge in [-0.05, 0) is 31.0 Å². The summed E-state index contributed by atoms with van der Waals surface area (Å²) in [6.07, 6.45) is 0.975. The lowest BCUT2D eigenvalue weighted by Gasteiger charge is -2.56. The number of alkyl halides is 2. The van der Waals surface area contributed by atoms with Crippen LogP contribution in [-0.4, -0.2) is 48.2 Å². The number of anilines is 1. The summed E-state index contributed by atoms with van der Waals surface area (Å²) in [5.74, 6) is -4.14. The number of fused-ring (bicyclic) bond motifs is 1. The Morgan fingerprint density at radius 3 is 2.65 bits per heavy atom. The number of aromatic nitrogens is 2. The Morgan fingerprint density at radius 2 is 2.03 bits per heavy atom. The van der Waals surface area contributed by atoms with Crippen molar-refractivity contribution < 1.29 is 30.7 Å². The smallest absolute Gasteiger partial charge is 0.301 e. The van der Waals surface area contributed by atoms with Crippen LogP contribution in [0.2, 0.25) is 0 Å². The third-order valence-corrected chi connectivity index (χ3v) is 8.17. The highest BCUT2D eigenvalue weighted by Crippen LogP contribution is 2.51. The van der Waals surface area contributed by atoms with E-state index in [2.05, 4.69) is 9.71 Å². The number of nitrogens with one attached hydrogen (secondary N) is 1. The maximum absolute atomic E-state index is 14.7. The molecule has 1 aromatic heterocycles. The minimum Gasteiger partial charge on any atom is -0.453 e. The van der Waals surface area contributed by atoms with Crippen LogP contribution in [0.4, 0.5) is 23.2 Å².